The van der Waals surface area contributed by atoms with Crippen molar-refractivity contribution in [2.24, 2.45) is 0 Å². The normalized spacial score (nSPS) is 10.2. The van der Waals surface area contributed by atoms with Crippen molar-refractivity contribution < 1.29 is 9.47 Å². The van der Waals surface area contributed by atoms with Crippen LogP contribution in [0.5, 0.6) is 11.6 Å². The van der Waals surface area contributed by atoms with Gasteiger partial charge in [0.25, 0.3) is 0 Å². The second-order valence-electron chi connectivity index (χ2n) is 4.14. The highest BCUT2D eigenvalue weighted by Gasteiger charge is 2.02. The van der Waals surface area contributed by atoms with Crippen molar-refractivity contribution in [1.29, 1.82) is 0 Å². The Balaban J connectivity index is 1.96. The van der Waals surface area contributed by atoms with Crippen molar-refractivity contribution >= 4 is 17.3 Å². The zero-order chi connectivity index (χ0) is 14.4. The molecule has 0 amide bonds. The van der Waals surface area contributed by atoms with Crippen molar-refractivity contribution in [3.8, 4) is 11.6 Å². The Kier molecular flexibility index (Phi) is 5.07. The number of nitrogens with one attached hydrogen (secondary N) is 1. The fourth-order valence-corrected chi connectivity index (χ4v) is 2.02. The largest absolute Gasteiger partial charge is 0.495 e. The number of ether oxygens (including phenoxy) is 2. The average Bonchev–Trinajstić information content (AvgIpc) is 2.47. The number of halogens is 1. The van der Waals surface area contributed by atoms with Crippen LogP contribution in [0.2, 0.25) is 5.02 Å². The van der Waals surface area contributed by atoms with E-state index < -0.39 is 0 Å². The summed E-state index contributed by atoms with van der Waals surface area (Å²) in [5.74, 6) is 1.31. The lowest BCUT2D eigenvalue weighted by Gasteiger charge is -2.09. The van der Waals surface area contributed by atoms with E-state index in [9.17, 15) is 0 Å². The van der Waals surface area contributed by atoms with Gasteiger partial charge in [-0.2, -0.15) is 0 Å². The summed E-state index contributed by atoms with van der Waals surface area (Å²) in [6, 6.07) is 9.49. The summed E-state index contributed by atoms with van der Waals surface area (Å²) in [5, 5.41) is 3.89. The van der Waals surface area contributed by atoms with E-state index in [0.717, 1.165) is 11.3 Å². The van der Waals surface area contributed by atoms with Crippen LogP contribution in [0.4, 0.5) is 5.69 Å². The molecule has 0 aliphatic rings. The molecule has 5 heteroatoms. The van der Waals surface area contributed by atoms with E-state index in [-0.39, 0.29) is 0 Å². The Morgan fingerprint density at radius 3 is 2.70 bits per heavy atom. The molecule has 0 aliphatic carbocycles. The Hall–Kier alpha value is -1.94. The van der Waals surface area contributed by atoms with Crippen molar-refractivity contribution in [2.75, 3.05) is 19.0 Å². The first kappa shape index (κ1) is 14.5. The molecule has 0 saturated carbocycles. The highest BCUT2D eigenvalue weighted by Crippen LogP contribution is 2.25. The molecule has 0 fully saturated rings. The summed E-state index contributed by atoms with van der Waals surface area (Å²) >= 11 is 6.09. The molecule has 2 aromatic rings. The molecule has 0 atom stereocenters. The molecule has 0 unspecified atom stereocenters. The molecule has 1 aromatic carbocycles. The summed E-state index contributed by atoms with van der Waals surface area (Å²) < 4.78 is 10.4. The first-order chi connectivity index (χ1) is 9.72. The minimum absolute atomic E-state index is 0.608. The Bertz CT molecular complexity index is 558. The number of methoxy groups -OCH3 is 1. The summed E-state index contributed by atoms with van der Waals surface area (Å²) in [6.45, 7) is 3.21. The molecule has 2 rings (SSSR count). The van der Waals surface area contributed by atoms with Gasteiger partial charge in [-0.25, -0.2) is 4.98 Å². The van der Waals surface area contributed by atoms with Crippen LogP contribution in [0.25, 0.3) is 0 Å². The molecule has 1 heterocycles. The van der Waals surface area contributed by atoms with Crippen LogP contribution in [-0.4, -0.2) is 18.7 Å². The van der Waals surface area contributed by atoms with Gasteiger partial charge in [-0.1, -0.05) is 17.7 Å². The predicted molar refractivity (Wildman–Crippen MR) is 80.7 cm³/mol. The van der Waals surface area contributed by atoms with Crippen molar-refractivity contribution in [2.45, 2.75) is 13.5 Å². The van der Waals surface area contributed by atoms with Crippen molar-refractivity contribution in [3.63, 3.8) is 0 Å². The first-order valence-corrected chi connectivity index (χ1v) is 6.76. The molecule has 0 bridgehead atoms. The van der Waals surface area contributed by atoms with Gasteiger partial charge in [0.1, 0.15) is 5.75 Å². The van der Waals surface area contributed by atoms with Gasteiger partial charge < -0.3 is 14.8 Å². The van der Waals surface area contributed by atoms with Gasteiger partial charge in [-0.3, -0.25) is 0 Å². The van der Waals surface area contributed by atoms with E-state index in [2.05, 4.69) is 10.3 Å². The molecule has 0 aliphatic heterocycles. The number of aromatic nitrogens is 1. The number of anilines is 1. The lowest BCUT2D eigenvalue weighted by Crippen LogP contribution is -2.01. The summed E-state index contributed by atoms with van der Waals surface area (Å²) in [6.07, 6.45) is 1.75. The van der Waals surface area contributed by atoms with Crippen LogP contribution in [0.15, 0.2) is 36.5 Å². The van der Waals surface area contributed by atoms with Crippen LogP contribution in [0, 0.1) is 0 Å². The lowest BCUT2D eigenvalue weighted by atomic mass is 10.2. The molecule has 0 saturated heterocycles. The lowest BCUT2D eigenvalue weighted by molar-refractivity contribution is 0.327. The monoisotopic (exact) mass is 292 g/mol. The second-order valence-corrected chi connectivity index (χ2v) is 4.55. The van der Waals surface area contributed by atoms with E-state index in [1.807, 2.05) is 37.3 Å². The Labute approximate surface area is 123 Å². The number of hydrogen-bond donors (Lipinski definition) is 1. The number of rotatable bonds is 6. The highest BCUT2D eigenvalue weighted by molar-refractivity contribution is 6.32. The third kappa shape index (κ3) is 3.78. The molecular weight excluding hydrogens is 276 g/mol. The highest BCUT2D eigenvalue weighted by atomic mass is 35.5. The molecule has 0 radical (unpaired) electrons. The van der Waals surface area contributed by atoms with Crippen molar-refractivity contribution in [3.05, 3.63) is 47.1 Å². The van der Waals surface area contributed by atoms with E-state index in [1.165, 1.54) is 0 Å². The molecule has 20 heavy (non-hydrogen) atoms. The van der Waals surface area contributed by atoms with Crippen LogP contribution in [0.1, 0.15) is 12.5 Å². The van der Waals surface area contributed by atoms with Gasteiger partial charge >= 0.3 is 0 Å². The van der Waals surface area contributed by atoms with Crippen LogP contribution in [0.3, 0.4) is 0 Å². The van der Waals surface area contributed by atoms with Gasteiger partial charge in [0.2, 0.25) is 5.88 Å². The first-order valence-electron chi connectivity index (χ1n) is 6.38. The molecule has 0 spiro atoms. The SMILES string of the molecule is CCOc1ccc(NCc2ccc(OC)c(Cl)c2)cn1. The maximum absolute atomic E-state index is 6.09. The second kappa shape index (κ2) is 7.01. The van der Waals surface area contributed by atoms with Gasteiger partial charge in [0, 0.05) is 12.6 Å². The summed E-state index contributed by atoms with van der Waals surface area (Å²) in [5.41, 5.74) is 2.00. The Morgan fingerprint density at radius 1 is 1.25 bits per heavy atom. The van der Waals surface area contributed by atoms with E-state index >= 15 is 0 Å². The molecule has 106 valence electrons. The number of benzene rings is 1. The molecule has 4 nitrogen and oxygen atoms in total. The van der Waals surface area contributed by atoms with E-state index in [0.29, 0.717) is 29.8 Å². The third-order valence-corrected chi connectivity index (χ3v) is 3.04. The molecular formula is C15H17ClN2O2. The maximum atomic E-state index is 6.09. The minimum Gasteiger partial charge on any atom is -0.495 e. The van der Waals surface area contributed by atoms with Crippen LogP contribution < -0.4 is 14.8 Å². The van der Waals surface area contributed by atoms with E-state index in [4.69, 9.17) is 21.1 Å². The standard InChI is InChI=1S/C15H17ClN2O2/c1-3-20-15-7-5-12(10-18-15)17-9-11-4-6-14(19-2)13(16)8-11/h4-8,10,17H,3,9H2,1-2H3. The number of hydrogen-bond acceptors (Lipinski definition) is 4. The van der Waals surface area contributed by atoms with Gasteiger partial charge in [-0.15, -0.1) is 0 Å². The molecule has 1 N–H and O–H groups in total. The van der Waals surface area contributed by atoms with Gasteiger partial charge in [0.05, 0.1) is 30.6 Å². The topological polar surface area (TPSA) is 43.4 Å². The fourth-order valence-electron chi connectivity index (χ4n) is 1.74. The third-order valence-electron chi connectivity index (χ3n) is 2.74. The average molecular weight is 293 g/mol. The summed E-state index contributed by atoms with van der Waals surface area (Å²) in [4.78, 5) is 4.19. The van der Waals surface area contributed by atoms with Gasteiger partial charge in [0.15, 0.2) is 0 Å². The molecule has 1 aromatic heterocycles. The van der Waals surface area contributed by atoms with Crippen LogP contribution in [-0.2, 0) is 6.54 Å². The number of nitrogens with zero attached hydrogens (tertiary/aromatic N) is 1. The fraction of sp³-hybridized carbons (Fsp3) is 0.267. The minimum atomic E-state index is 0.608. The zero-order valence-corrected chi connectivity index (χ0v) is 12.3. The number of pyridine rings is 1. The zero-order valence-electron chi connectivity index (χ0n) is 11.5. The van der Waals surface area contributed by atoms with Gasteiger partial charge in [-0.05, 0) is 30.7 Å². The summed E-state index contributed by atoms with van der Waals surface area (Å²) in [7, 11) is 1.60. The van der Waals surface area contributed by atoms with E-state index in [1.54, 1.807) is 13.3 Å². The predicted octanol–water partition coefficient (Wildman–Crippen LogP) is 3.75. The quantitative estimate of drug-likeness (QED) is 0.880. The van der Waals surface area contributed by atoms with Crippen LogP contribution >= 0.6 is 11.6 Å². The van der Waals surface area contributed by atoms with Crippen molar-refractivity contribution in [1.82, 2.24) is 4.98 Å². The smallest absolute Gasteiger partial charge is 0.213 e. The maximum Gasteiger partial charge on any atom is 0.213 e. The Morgan fingerprint density at radius 2 is 2.10 bits per heavy atom.